The Labute approximate surface area is 123 Å². The fourth-order valence-electron chi connectivity index (χ4n) is 2.14. The topological polar surface area (TPSA) is 71.0 Å². The van der Waals surface area contributed by atoms with Crippen LogP contribution >= 0.6 is 0 Å². The van der Waals surface area contributed by atoms with Crippen molar-refractivity contribution >= 4 is 5.91 Å². The van der Waals surface area contributed by atoms with Crippen molar-refractivity contribution in [2.75, 3.05) is 7.05 Å². The molecular weight excluding hydrogens is 268 g/mol. The SMILES string of the molecule is CCCc1cc(CN(C)C(=O)c2ccc(=O)n(C)c2)[nH]n1. The van der Waals surface area contributed by atoms with Gasteiger partial charge in [0.05, 0.1) is 23.5 Å². The molecule has 0 aliphatic carbocycles. The molecule has 0 bridgehead atoms. The van der Waals surface area contributed by atoms with E-state index in [0.29, 0.717) is 12.1 Å². The Kier molecular flexibility index (Phi) is 4.57. The average Bonchev–Trinajstić information content (AvgIpc) is 2.88. The van der Waals surface area contributed by atoms with Gasteiger partial charge in [0.25, 0.3) is 5.91 Å². The molecule has 6 heteroatoms. The fourth-order valence-corrected chi connectivity index (χ4v) is 2.14. The van der Waals surface area contributed by atoms with E-state index in [1.807, 2.05) is 6.07 Å². The molecule has 0 saturated heterocycles. The maximum absolute atomic E-state index is 12.3. The molecule has 112 valence electrons. The van der Waals surface area contributed by atoms with E-state index in [9.17, 15) is 9.59 Å². The van der Waals surface area contributed by atoms with Crippen molar-refractivity contribution in [3.05, 3.63) is 51.7 Å². The Balaban J connectivity index is 2.07. The van der Waals surface area contributed by atoms with Gasteiger partial charge in [0, 0.05) is 26.4 Å². The Hall–Kier alpha value is -2.37. The van der Waals surface area contributed by atoms with Gasteiger partial charge in [-0.15, -0.1) is 0 Å². The maximum atomic E-state index is 12.3. The number of rotatable bonds is 5. The minimum Gasteiger partial charge on any atom is -0.336 e. The van der Waals surface area contributed by atoms with Crippen molar-refractivity contribution in [3.8, 4) is 0 Å². The van der Waals surface area contributed by atoms with E-state index in [4.69, 9.17) is 0 Å². The smallest absolute Gasteiger partial charge is 0.255 e. The third kappa shape index (κ3) is 3.59. The Bertz CT molecular complexity index is 687. The Morgan fingerprint density at radius 1 is 1.43 bits per heavy atom. The summed E-state index contributed by atoms with van der Waals surface area (Å²) in [5, 5.41) is 7.16. The van der Waals surface area contributed by atoms with Crippen LogP contribution in [0.3, 0.4) is 0 Å². The number of hydrogen-bond donors (Lipinski definition) is 1. The zero-order valence-electron chi connectivity index (χ0n) is 12.6. The maximum Gasteiger partial charge on any atom is 0.255 e. The predicted octanol–water partition coefficient (Wildman–Crippen LogP) is 1.33. The van der Waals surface area contributed by atoms with Gasteiger partial charge in [-0.2, -0.15) is 5.10 Å². The van der Waals surface area contributed by atoms with Crippen LogP contribution in [0.15, 0.2) is 29.2 Å². The molecule has 0 radical (unpaired) electrons. The minimum absolute atomic E-state index is 0.128. The lowest BCUT2D eigenvalue weighted by molar-refractivity contribution is 0.0782. The van der Waals surface area contributed by atoms with Crippen LogP contribution in [0.2, 0.25) is 0 Å². The van der Waals surface area contributed by atoms with Gasteiger partial charge in [0.2, 0.25) is 5.56 Å². The lowest BCUT2D eigenvalue weighted by atomic mass is 10.2. The zero-order chi connectivity index (χ0) is 15.4. The second kappa shape index (κ2) is 6.39. The number of aromatic amines is 1. The normalized spacial score (nSPS) is 10.6. The van der Waals surface area contributed by atoms with Gasteiger partial charge in [-0.3, -0.25) is 14.7 Å². The van der Waals surface area contributed by atoms with Crippen molar-refractivity contribution in [2.45, 2.75) is 26.3 Å². The fraction of sp³-hybridized carbons (Fsp3) is 0.400. The molecule has 0 aromatic carbocycles. The minimum atomic E-state index is -0.132. The molecule has 2 aromatic heterocycles. The van der Waals surface area contributed by atoms with E-state index in [0.717, 1.165) is 24.2 Å². The van der Waals surface area contributed by atoms with Crippen LogP contribution in [0.4, 0.5) is 0 Å². The van der Waals surface area contributed by atoms with Gasteiger partial charge in [-0.1, -0.05) is 13.3 Å². The monoisotopic (exact) mass is 288 g/mol. The van der Waals surface area contributed by atoms with E-state index < -0.39 is 0 Å². The zero-order valence-corrected chi connectivity index (χ0v) is 12.6. The number of nitrogens with one attached hydrogen (secondary N) is 1. The van der Waals surface area contributed by atoms with E-state index in [-0.39, 0.29) is 11.5 Å². The van der Waals surface area contributed by atoms with Crippen molar-refractivity contribution in [2.24, 2.45) is 7.05 Å². The van der Waals surface area contributed by atoms with Gasteiger partial charge < -0.3 is 9.47 Å². The number of amides is 1. The average molecular weight is 288 g/mol. The highest BCUT2D eigenvalue weighted by atomic mass is 16.2. The molecule has 0 atom stereocenters. The summed E-state index contributed by atoms with van der Waals surface area (Å²) >= 11 is 0. The summed E-state index contributed by atoms with van der Waals surface area (Å²) in [5.74, 6) is -0.128. The highest BCUT2D eigenvalue weighted by molar-refractivity contribution is 5.93. The summed E-state index contributed by atoms with van der Waals surface area (Å²) in [6, 6.07) is 4.93. The highest BCUT2D eigenvalue weighted by Gasteiger charge is 2.14. The molecule has 0 unspecified atom stereocenters. The number of hydrogen-bond acceptors (Lipinski definition) is 3. The standard InChI is InChI=1S/C15H20N4O2/c1-4-5-12-8-13(17-16-12)10-19(3)15(21)11-6-7-14(20)18(2)9-11/h6-9H,4-5,10H2,1-3H3,(H,16,17). The molecule has 0 fully saturated rings. The van der Waals surface area contributed by atoms with Crippen LogP contribution in [0, 0.1) is 0 Å². The van der Waals surface area contributed by atoms with E-state index in [1.165, 1.54) is 10.6 Å². The van der Waals surface area contributed by atoms with Crippen molar-refractivity contribution < 1.29 is 4.79 Å². The van der Waals surface area contributed by atoms with Crippen molar-refractivity contribution in [1.82, 2.24) is 19.7 Å². The summed E-state index contributed by atoms with van der Waals surface area (Å²) in [4.78, 5) is 25.3. The molecule has 2 heterocycles. The summed E-state index contributed by atoms with van der Waals surface area (Å²) in [7, 11) is 3.36. The van der Waals surface area contributed by atoms with Crippen LogP contribution < -0.4 is 5.56 Å². The second-order valence-electron chi connectivity index (χ2n) is 5.16. The first-order chi connectivity index (χ1) is 10.0. The summed E-state index contributed by atoms with van der Waals surface area (Å²) in [5.41, 5.74) is 2.27. The first-order valence-electron chi connectivity index (χ1n) is 6.96. The highest BCUT2D eigenvalue weighted by Crippen LogP contribution is 2.08. The lowest BCUT2D eigenvalue weighted by Gasteiger charge is -2.16. The number of pyridine rings is 1. The predicted molar refractivity (Wildman–Crippen MR) is 80.1 cm³/mol. The molecular formula is C15H20N4O2. The Morgan fingerprint density at radius 2 is 2.19 bits per heavy atom. The second-order valence-corrected chi connectivity index (χ2v) is 5.16. The first-order valence-corrected chi connectivity index (χ1v) is 6.96. The van der Waals surface area contributed by atoms with Crippen LogP contribution in [-0.4, -0.2) is 32.6 Å². The molecule has 21 heavy (non-hydrogen) atoms. The summed E-state index contributed by atoms with van der Waals surface area (Å²) in [6.45, 7) is 2.56. The lowest BCUT2D eigenvalue weighted by Crippen LogP contribution is -2.28. The summed E-state index contributed by atoms with van der Waals surface area (Å²) < 4.78 is 1.40. The number of H-pyrrole nitrogens is 1. The molecule has 0 saturated carbocycles. The van der Waals surface area contributed by atoms with Crippen molar-refractivity contribution in [3.63, 3.8) is 0 Å². The van der Waals surface area contributed by atoms with Crippen molar-refractivity contribution in [1.29, 1.82) is 0 Å². The molecule has 0 aliphatic heterocycles. The molecule has 0 spiro atoms. The number of aryl methyl sites for hydroxylation is 2. The third-order valence-corrected chi connectivity index (χ3v) is 3.28. The summed E-state index contributed by atoms with van der Waals surface area (Å²) in [6.07, 6.45) is 3.52. The van der Waals surface area contributed by atoms with E-state index in [1.54, 1.807) is 31.3 Å². The van der Waals surface area contributed by atoms with E-state index >= 15 is 0 Å². The molecule has 0 aliphatic rings. The number of aromatic nitrogens is 3. The molecule has 2 rings (SSSR count). The van der Waals surface area contributed by atoms with Crippen LogP contribution in [0.1, 0.15) is 35.1 Å². The molecule has 2 aromatic rings. The number of carbonyl (C=O) groups is 1. The van der Waals surface area contributed by atoms with Crippen LogP contribution in [0.25, 0.3) is 0 Å². The van der Waals surface area contributed by atoms with Crippen LogP contribution in [0.5, 0.6) is 0 Å². The Morgan fingerprint density at radius 3 is 2.86 bits per heavy atom. The first kappa shape index (κ1) is 15.0. The number of nitrogens with zero attached hydrogens (tertiary/aromatic N) is 3. The molecule has 6 nitrogen and oxygen atoms in total. The molecule has 1 N–H and O–H groups in total. The quantitative estimate of drug-likeness (QED) is 0.902. The van der Waals surface area contributed by atoms with Gasteiger partial charge in [0.1, 0.15) is 0 Å². The van der Waals surface area contributed by atoms with Crippen LogP contribution in [-0.2, 0) is 20.0 Å². The largest absolute Gasteiger partial charge is 0.336 e. The van der Waals surface area contributed by atoms with Gasteiger partial charge in [0.15, 0.2) is 0 Å². The third-order valence-electron chi connectivity index (χ3n) is 3.28. The van der Waals surface area contributed by atoms with Gasteiger partial charge in [-0.25, -0.2) is 0 Å². The van der Waals surface area contributed by atoms with Gasteiger partial charge in [-0.05, 0) is 18.6 Å². The number of carbonyl (C=O) groups excluding carboxylic acids is 1. The van der Waals surface area contributed by atoms with Gasteiger partial charge >= 0.3 is 0 Å². The van der Waals surface area contributed by atoms with E-state index in [2.05, 4.69) is 17.1 Å². The molecule has 1 amide bonds.